The highest BCUT2D eigenvalue weighted by molar-refractivity contribution is 7.07. The number of nitro groups is 1. The Labute approximate surface area is 178 Å². The number of halogens is 3. The van der Waals surface area contributed by atoms with Crippen molar-refractivity contribution < 1.29 is 18.1 Å². The fourth-order valence-electron chi connectivity index (χ4n) is 3.03. The summed E-state index contributed by atoms with van der Waals surface area (Å²) in [4.78, 5) is 15.4. The minimum atomic E-state index is -0.807. The van der Waals surface area contributed by atoms with Crippen LogP contribution in [0.15, 0.2) is 77.1 Å². The Morgan fingerprint density at radius 3 is 2.42 bits per heavy atom. The molecule has 4 rings (SSSR count). The van der Waals surface area contributed by atoms with Crippen molar-refractivity contribution in [3.8, 4) is 11.3 Å². The maximum Gasteiger partial charge on any atom is 0.270 e. The van der Waals surface area contributed by atoms with Crippen molar-refractivity contribution in [2.45, 2.75) is 6.54 Å². The van der Waals surface area contributed by atoms with Crippen molar-refractivity contribution in [1.29, 1.82) is 0 Å². The lowest BCUT2D eigenvalue weighted by atomic mass is 10.1. The molecule has 1 heterocycles. The van der Waals surface area contributed by atoms with Crippen LogP contribution in [0.3, 0.4) is 0 Å². The number of rotatable bonds is 5. The summed E-state index contributed by atoms with van der Waals surface area (Å²) in [5.74, 6) is -1.89. The van der Waals surface area contributed by atoms with E-state index in [2.05, 4.69) is 4.99 Å². The van der Waals surface area contributed by atoms with Gasteiger partial charge >= 0.3 is 0 Å². The first-order valence-electron chi connectivity index (χ1n) is 9.08. The second-order valence-electron chi connectivity index (χ2n) is 6.63. The average molecular weight is 441 g/mol. The zero-order valence-electron chi connectivity index (χ0n) is 15.8. The van der Waals surface area contributed by atoms with Crippen LogP contribution >= 0.6 is 11.3 Å². The summed E-state index contributed by atoms with van der Waals surface area (Å²) in [7, 11) is 0. The molecule has 0 aliphatic heterocycles. The highest BCUT2D eigenvalue weighted by Gasteiger charge is 2.13. The van der Waals surface area contributed by atoms with E-state index < -0.39 is 16.6 Å². The van der Waals surface area contributed by atoms with Gasteiger partial charge in [-0.15, -0.1) is 11.3 Å². The van der Waals surface area contributed by atoms with Crippen molar-refractivity contribution in [1.82, 2.24) is 4.57 Å². The molecule has 0 amide bonds. The van der Waals surface area contributed by atoms with E-state index in [0.29, 0.717) is 16.1 Å². The fourth-order valence-corrected chi connectivity index (χ4v) is 3.95. The van der Waals surface area contributed by atoms with Crippen molar-refractivity contribution in [2.75, 3.05) is 0 Å². The summed E-state index contributed by atoms with van der Waals surface area (Å²) in [5.41, 5.74) is 1.85. The molecule has 0 bridgehead atoms. The van der Waals surface area contributed by atoms with Gasteiger partial charge in [-0.1, -0.05) is 24.3 Å². The van der Waals surface area contributed by atoms with E-state index >= 15 is 0 Å². The molecule has 3 aromatic carbocycles. The van der Waals surface area contributed by atoms with Crippen molar-refractivity contribution in [3.63, 3.8) is 0 Å². The van der Waals surface area contributed by atoms with E-state index in [4.69, 9.17) is 0 Å². The van der Waals surface area contributed by atoms with Crippen LogP contribution in [-0.4, -0.2) is 9.49 Å². The smallest absolute Gasteiger partial charge is 0.270 e. The van der Waals surface area contributed by atoms with E-state index in [0.717, 1.165) is 17.7 Å². The Hall–Kier alpha value is -3.72. The first kappa shape index (κ1) is 20.5. The molecule has 0 saturated carbocycles. The van der Waals surface area contributed by atoms with Crippen molar-refractivity contribution in [2.24, 2.45) is 4.99 Å². The predicted octanol–water partition coefficient (Wildman–Crippen LogP) is 5.82. The fraction of sp³-hybridized carbons (Fsp3) is 0.0455. The number of benzene rings is 3. The minimum absolute atomic E-state index is 0.0401. The van der Waals surface area contributed by atoms with Gasteiger partial charge in [-0.2, -0.15) is 0 Å². The van der Waals surface area contributed by atoms with E-state index in [9.17, 15) is 23.3 Å². The largest absolute Gasteiger partial charge is 0.312 e. The zero-order valence-corrected chi connectivity index (χ0v) is 16.7. The van der Waals surface area contributed by atoms with Crippen LogP contribution in [0.2, 0.25) is 0 Å². The SMILES string of the molecule is O=[N+]([O-])c1cccc(-c2csc(=Nc3ccc(F)cc3F)n2Cc2ccc(F)cc2)c1. The molecule has 0 atom stereocenters. The quantitative estimate of drug-likeness (QED) is 0.289. The van der Waals surface area contributed by atoms with E-state index in [1.165, 1.54) is 41.7 Å². The van der Waals surface area contributed by atoms with Crippen LogP contribution in [0, 0.1) is 27.6 Å². The van der Waals surface area contributed by atoms with Crippen LogP contribution in [0.25, 0.3) is 11.3 Å². The van der Waals surface area contributed by atoms with Crippen molar-refractivity contribution in [3.05, 3.63) is 110 Å². The Balaban J connectivity index is 1.87. The molecular weight excluding hydrogens is 427 g/mol. The number of thiazole rings is 1. The average Bonchev–Trinajstić information content (AvgIpc) is 3.14. The lowest BCUT2D eigenvalue weighted by Gasteiger charge is -2.10. The number of nitro benzene ring substituents is 1. The summed E-state index contributed by atoms with van der Waals surface area (Å²) in [5, 5.41) is 12.9. The third kappa shape index (κ3) is 4.56. The molecule has 5 nitrogen and oxygen atoms in total. The zero-order chi connectivity index (χ0) is 22.0. The summed E-state index contributed by atoms with van der Waals surface area (Å²) in [6.07, 6.45) is 0. The molecule has 31 heavy (non-hydrogen) atoms. The number of hydrogen-bond donors (Lipinski definition) is 0. The van der Waals surface area contributed by atoms with Gasteiger partial charge in [-0.25, -0.2) is 18.2 Å². The summed E-state index contributed by atoms with van der Waals surface area (Å²) in [6, 6.07) is 15.1. The molecule has 0 aliphatic carbocycles. The van der Waals surface area contributed by atoms with Gasteiger partial charge in [0.05, 0.1) is 17.2 Å². The molecule has 0 fully saturated rings. The molecule has 0 saturated heterocycles. The molecular formula is C22H14F3N3O2S. The highest BCUT2D eigenvalue weighted by atomic mass is 32.1. The Bertz CT molecular complexity index is 1330. The molecule has 0 radical (unpaired) electrons. The van der Waals surface area contributed by atoms with E-state index in [1.54, 1.807) is 34.2 Å². The number of non-ortho nitro benzene ring substituents is 1. The van der Waals surface area contributed by atoms with Gasteiger partial charge in [0.1, 0.15) is 17.3 Å². The predicted molar refractivity (Wildman–Crippen MR) is 111 cm³/mol. The van der Waals surface area contributed by atoms with Gasteiger partial charge in [-0.05, 0) is 29.8 Å². The second kappa shape index (κ2) is 8.57. The maximum atomic E-state index is 14.2. The van der Waals surface area contributed by atoms with Crippen LogP contribution in [0.1, 0.15) is 5.56 Å². The summed E-state index contributed by atoms with van der Waals surface area (Å²) < 4.78 is 42.5. The number of nitrogens with zero attached hydrogens (tertiary/aromatic N) is 3. The van der Waals surface area contributed by atoms with Crippen LogP contribution in [-0.2, 0) is 6.54 Å². The molecule has 4 aromatic rings. The number of aromatic nitrogens is 1. The monoisotopic (exact) mass is 441 g/mol. The van der Waals surface area contributed by atoms with E-state index in [1.807, 2.05) is 0 Å². The second-order valence-corrected chi connectivity index (χ2v) is 7.47. The van der Waals surface area contributed by atoms with Crippen LogP contribution in [0.4, 0.5) is 24.5 Å². The van der Waals surface area contributed by atoms with Crippen molar-refractivity contribution >= 4 is 22.7 Å². The Kier molecular flexibility index (Phi) is 5.68. The first-order valence-corrected chi connectivity index (χ1v) is 9.96. The molecule has 0 spiro atoms. The molecule has 1 aromatic heterocycles. The molecule has 0 unspecified atom stereocenters. The standard InChI is InChI=1S/C22H14F3N3O2S/c23-16-6-4-14(5-7-16)12-27-21(15-2-1-3-18(10-15)28(29)30)13-31-22(27)26-20-9-8-17(24)11-19(20)25/h1-11,13H,12H2. The first-order chi connectivity index (χ1) is 14.9. The van der Waals surface area contributed by atoms with Crippen LogP contribution in [0.5, 0.6) is 0 Å². The van der Waals surface area contributed by atoms with Gasteiger partial charge in [0.15, 0.2) is 10.6 Å². The van der Waals surface area contributed by atoms with Crippen LogP contribution < -0.4 is 4.80 Å². The maximum absolute atomic E-state index is 14.2. The third-order valence-corrected chi connectivity index (χ3v) is 5.39. The normalized spacial score (nSPS) is 11.6. The Morgan fingerprint density at radius 1 is 0.968 bits per heavy atom. The topological polar surface area (TPSA) is 60.4 Å². The summed E-state index contributed by atoms with van der Waals surface area (Å²) >= 11 is 1.21. The molecule has 156 valence electrons. The van der Waals surface area contributed by atoms with Gasteiger partial charge in [-0.3, -0.25) is 10.1 Å². The minimum Gasteiger partial charge on any atom is -0.312 e. The van der Waals surface area contributed by atoms with E-state index in [-0.39, 0.29) is 23.7 Å². The summed E-state index contributed by atoms with van der Waals surface area (Å²) in [6.45, 7) is 0.267. The third-order valence-electron chi connectivity index (χ3n) is 4.53. The van der Waals surface area contributed by atoms with Gasteiger partial charge < -0.3 is 4.57 Å². The van der Waals surface area contributed by atoms with Gasteiger partial charge in [0.2, 0.25) is 0 Å². The Morgan fingerprint density at radius 2 is 1.71 bits per heavy atom. The molecule has 0 N–H and O–H groups in total. The lowest BCUT2D eigenvalue weighted by Crippen LogP contribution is -2.17. The highest BCUT2D eigenvalue weighted by Crippen LogP contribution is 2.26. The lowest BCUT2D eigenvalue weighted by molar-refractivity contribution is -0.384. The number of hydrogen-bond acceptors (Lipinski definition) is 4. The molecule has 9 heteroatoms. The molecule has 0 aliphatic rings. The van der Waals surface area contributed by atoms with Gasteiger partial charge in [0, 0.05) is 29.1 Å². The van der Waals surface area contributed by atoms with Gasteiger partial charge in [0.25, 0.3) is 5.69 Å².